The first-order chi connectivity index (χ1) is 14.1. The van der Waals surface area contributed by atoms with Crippen LogP contribution in [0.25, 0.3) is 0 Å². The van der Waals surface area contributed by atoms with E-state index in [0.717, 1.165) is 10.0 Å². The molecule has 2 aromatic rings. The van der Waals surface area contributed by atoms with E-state index < -0.39 is 11.6 Å². The predicted octanol–water partition coefficient (Wildman–Crippen LogP) is 5.20. The molecule has 162 valence electrons. The van der Waals surface area contributed by atoms with Crippen molar-refractivity contribution in [2.45, 2.75) is 52.2 Å². The highest BCUT2D eigenvalue weighted by atomic mass is 79.9. The van der Waals surface area contributed by atoms with Gasteiger partial charge in [-0.1, -0.05) is 64.8 Å². The number of hydrogen-bond donors (Lipinski definition) is 1. The molecular weight excluding hydrogens is 468 g/mol. The SMILES string of the molecule is CC[C@H](C(=O)NC(C)(C)C)N(Cc1ccccc1)C(=O)COc1ccc(Br)cc1Cl. The highest BCUT2D eigenvalue weighted by molar-refractivity contribution is 9.10. The molecule has 0 spiro atoms. The van der Waals surface area contributed by atoms with Crippen LogP contribution >= 0.6 is 27.5 Å². The number of amides is 2. The van der Waals surface area contributed by atoms with Gasteiger partial charge in [0.15, 0.2) is 6.61 Å². The number of carbonyl (C=O) groups is 2. The van der Waals surface area contributed by atoms with E-state index in [-0.39, 0.29) is 18.4 Å². The molecule has 1 N–H and O–H groups in total. The first-order valence-electron chi connectivity index (χ1n) is 9.84. The van der Waals surface area contributed by atoms with Crippen LogP contribution in [-0.2, 0) is 16.1 Å². The van der Waals surface area contributed by atoms with Crippen LogP contribution in [-0.4, -0.2) is 34.9 Å². The third-order valence-electron chi connectivity index (χ3n) is 4.32. The minimum atomic E-state index is -0.610. The smallest absolute Gasteiger partial charge is 0.261 e. The zero-order chi connectivity index (χ0) is 22.3. The predicted molar refractivity (Wildman–Crippen MR) is 124 cm³/mol. The molecule has 0 aliphatic rings. The maximum absolute atomic E-state index is 13.1. The Hall–Kier alpha value is -2.05. The standard InChI is InChI=1S/C23H28BrClN2O3/c1-5-19(22(29)26-23(2,3)4)27(14-16-9-7-6-8-10-16)21(28)15-30-20-12-11-17(24)13-18(20)25/h6-13,19H,5,14-15H2,1-4H3,(H,26,29)/t19-/m1/s1. The molecule has 30 heavy (non-hydrogen) atoms. The number of carbonyl (C=O) groups excluding carboxylic acids is 2. The minimum Gasteiger partial charge on any atom is -0.482 e. The summed E-state index contributed by atoms with van der Waals surface area (Å²) in [6.45, 7) is 7.74. The van der Waals surface area contributed by atoms with Crippen molar-refractivity contribution in [3.63, 3.8) is 0 Å². The second kappa shape index (κ2) is 10.8. The largest absolute Gasteiger partial charge is 0.482 e. The Labute approximate surface area is 191 Å². The third-order valence-corrected chi connectivity index (χ3v) is 5.11. The summed E-state index contributed by atoms with van der Waals surface area (Å²) in [5.74, 6) is -0.0511. The number of benzene rings is 2. The van der Waals surface area contributed by atoms with Gasteiger partial charge in [0, 0.05) is 16.6 Å². The lowest BCUT2D eigenvalue weighted by Gasteiger charge is -2.33. The van der Waals surface area contributed by atoms with Crippen LogP contribution in [0, 0.1) is 0 Å². The second-order valence-corrected chi connectivity index (χ2v) is 9.36. The summed E-state index contributed by atoms with van der Waals surface area (Å²) >= 11 is 9.54. The van der Waals surface area contributed by atoms with Gasteiger partial charge >= 0.3 is 0 Å². The first-order valence-corrected chi connectivity index (χ1v) is 11.0. The summed E-state index contributed by atoms with van der Waals surface area (Å²) in [6.07, 6.45) is 0.486. The molecule has 0 aliphatic heterocycles. The molecule has 0 aromatic heterocycles. The average molecular weight is 496 g/mol. The lowest BCUT2D eigenvalue weighted by Crippen LogP contribution is -2.54. The Morgan fingerprint density at radius 2 is 1.83 bits per heavy atom. The molecule has 0 bridgehead atoms. The number of nitrogens with zero attached hydrogens (tertiary/aromatic N) is 1. The summed E-state index contributed by atoms with van der Waals surface area (Å²) < 4.78 is 6.49. The molecule has 0 radical (unpaired) electrons. The van der Waals surface area contributed by atoms with Crippen LogP contribution in [0.4, 0.5) is 0 Å². The fourth-order valence-electron chi connectivity index (χ4n) is 2.97. The molecule has 2 aromatic carbocycles. The topological polar surface area (TPSA) is 58.6 Å². The van der Waals surface area contributed by atoms with Gasteiger partial charge in [0.05, 0.1) is 5.02 Å². The average Bonchev–Trinajstić information content (AvgIpc) is 2.66. The number of halogens is 2. The fraction of sp³-hybridized carbons (Fsp3) is 0.391. The van der Waals surface area contributed by atoms with E-state index in [9.17, 15) is 9.59 Å². The van der Waals surface area contributed by atoms with Crippen LogP contribution < -0.4 is 10.1 Å². The van der Waals surface area contributed by atoms with E-state index in [1.165, 1.54) is 0 Å². The van der Waals surface area contributed by atoms with Crippen molar-refractivity contribution in [1.82, 2.24) is 10.2 Å². The quantitative estimate of drug-likeness (QED) is 0.547. The summed E-state index contributed by atoms with van der Waals surface area (Å²) in [4.78, 5) is 27.6. The highest BCUT2D eigenvalue weighted by Crippen LogP contribution is 2.28. The zero-order valence-electron chi connectivity index (χ0n) is 17.7. The molecule has 0 saturated heterocycles. The lowest BCUT2D eigenvalue weighted by atomic mass is 10.1. The Kier molecular flexibility index (Phi) is 8.74. The van der Waals surface area contributed by atoms with E-state index in [1.54, 1.807) is 23.1 Å². The van der Waals surface area contributed by atoms with Gasteiger partial charge in [-0.15, -0.1) is 0 Å². The zero-order valence-corrected chi connectivity index (χ0v) is 20.1. The van der Waals surface area contributed by atoms with Crippen LogP contribution in [0.5, 0.6) is 5.75 Å². The molecule has 0 saturated carbocycles. The van der Waals surface area contributed by atoms with Crippen LogP contribution in [0.3, 0.4) is 0 Å². The van der Waals surface area contributed by atoms with Crippen molar-refractivity contribution in [1.29, 1.82) is 0 Å². The lowest BCUT2D eigenvalue weighted by molar-refractivity contribution is -0.143. The Morgan fingerprint density at radius 1 is 1.17 bits per heavy atom. The molecule has 7 heteroatoms. The van der Waals surface area contributed by atoms with Gasteiger partial charge in [0.25, 0.3) is 5.91 Å². The van der Waals surface area contributed by atoms with Crippen LogP contribution in [0.2, 0.25) is 5.02 Å². The van der Waals surface area contributed by atoms with Gasteiger partial charge in [0.2, 0.25) is 5.91 Å². The van der Waals surface area contributed by atoms with Crippen molar-refractivity contribution in [2.75, 3.05) is 6.61 Å². The minimum absolute atomic E-state index is 0.184. The maximum Gasteiger partial charge on any atom is 0.261 e. The fourth-order valence-corrected chi connectivity index (χ4v) is 3.70. The maximum atomic E-state index is 13.1. The summed E-state index contributed by atoms with van der Waals surface area (Å²) in [5.41, 5.74) is 0.544. The summed E-state index contributed by atoms with van der Waals surface area (Å²) in [6, 6.07) is 14.2. The number of nitrogens with one attached hydrogen (secondary N) is 1. The third kappa shape index (κ3) is 7.33. The Morgan fingerprint density at radius 3 is 2.40 bits per heavy atom. The number of rotatable bonds is 8. The molecule has 1 atom stereocenters. The molecular formula is C23H28BrClN2O3. The molecule has 0 fully saturated rings. The summed E-state index contributed by atoms with van der Waals surface area (Å²) in [7, 11) is 0. The molecule has 2 amide bonds. The Bertz CT molecular complexity index is 868. The van der Waals surface area contributed by atoms with Gasteiger partial charge in [-0.05, 0) is 51.0 Å². The van der Waals surface area contributed by atoms with Gasteiger partial charge in [0.1, 0.15) is 11.8 Å². The molecule has 0 heterocycles. The van der Waals surface area contributed by atoms with Gasteiger partial charge < -0.3 is 15.0 Å². The van der Waals surface area contributed by atoms with E-state index in [4.69, 9.17) is 16.3 Å². The van der Waals surface area contributed by atoms with E-state index in [2.05, 4.69) is 21.2 Å². The molecule has 0 unspecified atom stereocenters. The van der Waals surface area contributed by atoms with Crippen LogP contribution in [0.15, 0.2) is 53.0 Å². The highest BCUT2D eigenvalue weighted by Gasteiger charge is 2.30. The normalized spacial score (nSPS) is 12.2. The summed E-state index contributed by atoms with van der Waals surface area (Å²) in [5, 5.41) is 3.39. The Balaban J connectivity index is 2.22. The molecule has 5 nitrogen and oxygen atoms in total. The van der Waals surface area contributed by atoms with E-state index in [1.807, 2.05) is 58.0 Å². The van der Waals surface area contributed by atoms with Gasteiger partial charge in [-0.3, -0.25) is 9.59 Å². The van der Waals surface area contributed by atoms with Crippen molar-refractivity contribution in [2.24, 2.45) is 0 Å². The van der Waals surface area contributed by atoms with Gasteiger partial charge in [-0.25, -0.2) is 0 Å². The first kappa shape index (κ1) is 24.2. The number of hydrogen-bond acceptors (Lipinski definition) is 3. The van der Waals surface area contributed by atoms with Crippen molar-refractivity contribution in [3.8, 4) is 5.75 Å². The van der Waals surface area contributed by atoms with Crippen molar-refractivity contribution in [3.05, 3.63) is 63.6 Å². The van der Waals surface area contributed by atoms with Crippen molar-refractivity contribution >= 4 is 39.3 Å². The van der Waals surface area contributed by atoms with Crippen molar-refractivity contribution < 1.29 is 14.3 Å². The van der Waals surface area contributed by atoms with Gasteiger partial charge in [-0.2, -0.15) is 0 Å². The molecule has 0 aliphatic carbocycles. The monoisotopic (exact) mass is 494 g/mol. The number of ether oxygens (including phenoxy) is 1. The van der Waals surface area contributed by atoms with Crippen LogP contribution in [0.1, 0.15) is 39.7 Å². The van der Waals surface area contributed by atoms with E-state index in [0.29, 0.717) is 23.7 Å². The second-order valence-electron chi connectivity index (χ2n) is 8.03. The molecule has 2 rings (SSSR count). The van der Waals surface area contributed by atoms with E-state index >= 15 is 0 Å².